The molecule has 0 saturated carbocycles. The molecule has 6 rings (SSSR count). The van der Waals surface area contributed by atoms with Crippen molar-refractivity contribution in [2.24, 2.45) is 0 Å². The maximum Gasteiger partial charge on any atom is 0.273 e. The van der Waals surface area contributed by atoms with E-state index >= 15 is 0 Å². The minimum Gasteiger partial charge on any atom is -0.493 e. The summed E-state index contributed by atoms with van der Waals surface area (Å²) in [6.45, 7) is 0.712. The number of amides is 1. The van der Waals surface area contributed by atoms with E-state index in [1.807, 2.05) is 84.9 Å². The van der Waals surface area contributed by atoms with Crippen molar-refractivity contribution in [1.82, 2.24) is 15.1 Å². The standard InChI is InChI=1S/C30H24ClN3O4/c1-36-25-16-21(11-14-24(25)38-18-19-6-3-2-4-7-19)29-26-27(20-9-12-22(31)13-10-20)32-33-28(26)30(35)34(29)17-23-8-5-15-37-23/h2-16,29H,17-18H2,1H3,(H,32,33). The number of H-pyrrole nitrogens is 1. The highest BCUT2D eigenvalue weighted by Gasteiger charge is 2.42. The fraction of sp³-hybridized carbons (Fsp3) is 0.133. The average molecular weight is 526 g/mol. The molecule has 1 N–H and O–H groups in total. The molecule has 0 saturated heterocycles. The summed E-state index contributed by atoms with van der Waals surface area (Å²) >= 11 is 6.13. The number of hydrogen-bond acceptors (Lipinski definition) is 5. The molecular formula is C30H24ClN3O4. The highest BCUT2D eigenvalue weighted by molar-refractivity contribution is 6.30. The lowest BCUT2D eigenvalue weighted by Crippen LogP contribution is -2.29. The molecule has 1 amide bonds. The lowest BCUT2D eigenvalue weighted by atomic mass is 9.95. The second kappa shape index (κ2) is 10.1. The number of methoxy groups -OCH3 is 1. The molecule has 2 aromatic heterocycles. The van der Waals surface area contributed by atoms with Crippen LogP contribution >= 0.6 is 11.6 Å². The molecule has 0 fully saturated rings. The van der Waals surface area contributed by atoms with Gasteiger partial charge in [0.25, 0.3) is 5.91 Å². The molecule has 8 heteroatoms. The van der Waals surface area contributed by atoms with E-state index in [1.54, 1.807) is 18.3 Å². The first-order valence-electron chi connectivity index (χ1n) is 12.1. The van der Waals surface area contributed by atoms with Gasteiger partial charge in [-0.2, -0.15) is 5.10 Å². The predicted molar refractivity (Wildman–Crippen MR) is 143 cm³/mol. The third-order valence-corrected chi connectivity index (χ3v) is 6.88. The van der Waals surface area contributed by atoms with E-state index in [-0.39, 0.29) is 5.91 Å². The number of fused-ring (bicyclic) bond motifs is 1. The number of nitrogens with zero attached hydrogens (tertiary/aromatic N) is 2. The summed E-state index contributed by atoms with van der Waals surface area (Å²) in [5, 5.41) is 8.13. The summed E-state index contributed by atoms with van der Waals surface area (Å²) < 4.78 is 17.4. The first kappa shape index (κ1) is 23.9. The molecule has 0 aliphatic carbocycles. The normalized spacial score (nSPS) is 14.5. The van der Waals surface area contributed by atoms with E-state index in [0.29, 0.717) is 46.8 Å². The molecule has 0 radical (unpaired) electrons. The average Bonchev–Trinajstić information content (AvgIpc) is 3.68. The van der Waals surface area contributed by atoms with Gasteiger partial charge in [-0.1, -0.05) is 60.1 Å². The van der Waals surface area contributed by atoms with Crippen LogP contribution in [0.2, 0.25) is 5.02 Å². The van der Waals surface area contributed by atoms with Crippen molar-refractivity contribution in [3.63, 3.8) is 0 Å². The third-order valence-electron chi connectivity index (χ3n) is 6.63. The molecule has 0 spiro atoms. The minimum absolute atomic E-state index is 0.155. The van der Waals surface area contributed by atoms with Crippen LogP contribution in [0.15, 0.2) is 95.6 Å². The van der Waals surface area contributed by atoms with Crippen LogP contribution in [0.4, 0.5) is 0 Å². The van der Waals surface area contributed by atoms with Gasteiger partial charge in [-0.15, -0.1) is 0 Å². The maximum atomic E-state index is 13.6. The van der Waals surface area contributed by atoms with E-state index in [0.717, 1.165) is 22.3 Å². The number of nitrogens with one attached hydrogen (secondary N) is 1. The molecule has 3 aromatic carbocycles. The van der Waals surface area contributed by atoms with E-state index in [1.165, 1.54) is 0 Å². The van der Waals surface area contributed by atoms with Gasteiger partial charge in [0.05, 0.1) is 31.7 Å². The summed E-state index contributed by atoms with van der Waals surface area (Å²) in [5.41, 5.74) is 4.72. The summed E-state index contributed by atoms with van der Waals surface area (Å²) in [7, 11) is 1.61. The van der Waals surface area contributed by atoms with Gasteiger partial charge in [0.2, 0.25) is 0 Å². The number of halogens is 1. The molecular weight excluding hydrogens is 502 g/mol. The third kappa shape index (κ3) is 4.41. The lowest BCUT2D eigenvalue weighted by molar-refractivity contribution is 0.0716. The van der Waals surface area contributed by atoms with Gasteiger partial charge in [-0.25, -0.2) is 0 Å². The molecule has 5 aromatic rings. The number of hydrogen-bond donors (Lipinski definition) is 1. The van der Waals surface area contributed by atoms with Crippen molar-refractivity contribution in [2.75, 3.05) is 7.11 Å². The minimum atomic E-state index is -0.427. The largest absolute Gasteiger partial charge is 0.493 e. The van der Waals surface area contributed by atoms with Crippen molar-refractivity contribution in [2.45, 2.75) is 19.2 Å². The monoisotopic (exact) mass is 525 g/mol. The van der Waals surface area contributed by atoms with Crippen LogP contribution in [0, 0.1) is 0 Å². The summed E-state index contributed by atoms with van der Waals surface area (Å²) in [6, 6.07) is 26.4. The van der Waals surface area contributed by atoms with Crippen molar-refractivity contribution < 1.29 is 18.7 Å². The molecule has 0 bridgehead atoms. The van der Waals surface area contributed by atoms with Crippen LogP contribution in [0.25, 0.3) is 11.3 Å². The van der Waals surface area contributed by atoms with Crippen LogP contribution < -0.4 is 9.47 Å². The van der Waals surface area contributed by atoms with Crippen LogP contribution in [0.1, 0.15) is 39.0 Å². The van der Waals surface area contributed by atoms with Gasteiger partial charge < -0.3 is 18.8 Å². The van der Waals surface area contributed by atoms with Gasteiger partial charge in [-0.3, -0.25) is 9.89 Å². The van der Waals surface area contributed by atoms with Crippen molar-refractivity contribution in [3.05, 3.63) is 124 Å². The topological polar surface area (TPSA) is 80.6 Å². The zero-order chi connectivity index (χ0) is 26.1. The molecule has 1 unspecified atom stereocenters. The quantitative estimate of drug-likeness (QED) is 0.245. The number of carbonyl (C=O) groups is 1. The van der Waals surface area contributed by atoms with E-state index < -0.39 is 6.04 Å². The Labute approximate surface area is 224 Å². The lowest BCUT2D eigenvalue weighted by Gasteiger charge is -2.26. The number of aromatic nitrogens is 2. The molecule has 1 aliphatic rings. The number of carbonyl (C=O) groups excluding carboxylic acids is 1. The van der Waals surface area contributed by atoms with Gasteiger partial charge in [0.15, 0.2) is 11.5 Å². The van der Waals surface area contributed by atoms with Crippen molar-refractivity contribution in [1.29, 1.82) is 0 Å². The Hall–Kier alpha value is -4.49. The van der Waals surface area contributed by atoms with Gasteiger partial charge in [-0.05, 0) is 47.5 Å². The van der Waals surface area contributed by atoms with Gasteiger partial charge in [0.1, 0.15) is 18.1 Å². The number of benzene rings is 3. The highest BCUT2D eigenvalue weighted by Crippen LogP contribution is 2.45. The van der Waals surface area contributed by atoms with E-state index in [9.17, 15) is 4.79 Å². The fourth-order valence-electron chi connectivity index (χ4n) is 4.81. The fourth-order valence-corrected chi connectivity index (χ4v) is 4.94. The molecule has 190 valence electrons. The van der Waals surface area contributed by atoms with Gasteiger partial charge in [0, 0.05) is 16.1 Å². The Kier molecular flexibility index (Phi) is 6.35. The van der Waals surface area contributed by atoms with Crippen molar-refractivity contribution >= 4 is 17.5 Å². The zero-order valence-corrected chi connectivity index (χ0v) is 21.3. The summed E-state index contributed by atoms with van der Waals surface area (Å²) in [6.07, 6.45) is 1.60. The molecule has 3 heterocycles. The Morgan fingerprint density at radius 2 is 1.82 bits per heavy atom. The van der Waals surface area contributed by atoms with Crippen molar-refractivity contribution in [3.8, 4) is 22.8 Å². The maximum absolute atomic E-state index is 13.6. The first-order chi connectivity index (χ1) is 18.6. The Morgan fingerprint density at radius 1 is 1.00 bits per heavy atom. The number of aromatic amines is 1. The number of rotatable bonds is 8. The zero-order valence-electron chi connectivity index (χ0n) is 20.6. The highest BCUT2D eigenvalue weighted by atomic mass is 35.5. The number of ether oxygens (including phenoxy) is 2. The summed E-state index contributed by atoms with van der Waals surface area (Å²) in [4.78, 5) is 15.4. The van der Waals surface area contributed by atoms with Crippen LogP contribution in [0.3, 0.4) is 0 Å². The first-order valence-corrected chi connectivity index (χ1v) is 12.5. The van der Waals surface area contributed by atoms with Crippen LogP contribution in [-0.4, -0.2) is 28.1 Å². The molecule has 7 nitrogen and oxygen atoms in total. The second-order valence-corrected chi connectivity index (χ2v) is 9.40. The Balaban J connectivity index is 1.40. The van der Waals surface area contributed by atoms with E-state index in [2.05, 4.69) is 10.2 Å². The molecule has 1 aliphatic heterocycles. The summed E-state index contributed by atoms with van der Waals surface area (Å²) in [5.74, 6) is 1.72. The Bertz CT molecular complexity index is 1560. The van der Waals surface area contributed by atoms with Crippen LogP contribution in [-0.2, 0) is 13.2 Å². The Morgan fingerprint density at radius 3 is 2.55 bits per heavy atom. The smallest absolute Gasteiger partial charge is 0.273 e. The van der Waals surface area contributed by atoms with E-state index in [4.69, 9.17) is 25.5 Å². The molecule has 38 heavy (non-hydrogen) atoms. The van der Waals surface area contributed by atoms with Gasteiger partial charge >= 0.3 is 0 Å². The number of furan rings is 1. The predicted octanol–water partition coefficient (Wildman–Crippen LogP) is 6.66. The molecule has 1 atom stereocenters. The van der Waals surface area contributed by atoms with Crippen LogP contribution in [0.5, 0.6) is 11.5 Å². The SMILES string of the molecule is COc1cc(C2c3c(-c4ccc(Cl)cc4)n[nH]c3C(=O)N2Cc2ccco2)ccc1OCc1ccccc1. The second-order valence-electron chi connectivity index (χ2n) is 8.97.